The zero-order valence-electron chi connectivity index (χ0n) is 10.7. The summed E-state index contributed by atoms with van der Waals surface area (Å²) < 4.78 is 0. The molecule has 3 heteroatoms. The minimum atomic E-state index is -0.691. The number of aryl methyl sites for hydroxylation is 2. The maximum absolute atomic E-state index is 10.2. The SMILES string of the molecule is CCc1ccc(CC)c(C(O)C(N)CCO)c1. The second-order valence-corrected chi connectivity index (χ2v) is 4.36. The van der Waals surface area contributed by atoms with E-state index in [9.17, 15) is 5.11 Å². The van der Waals surface area contributed by atoms with Crippen LogP contribution in [-0.2, 0) is 12.8 Å². The Bertz CT molecular complexity index is 352. The Balaban J connectivity index is 3.00. The molecule has 0 fully saturated rings. The van der Waals surface area contributed by atoms with Crippen LogP contribution in [0.1, 0.15) is 43.1 Å². The van der Waals surface area contributed by atoms with Crippen molar-refractivity contribution in [3.05, 3.63) is 34.9 Å². The van der Waals surface area contributed by atoms with Crippen molar-refractivity contribution in [3.8, 4) is 0 Å². The van der Waals surface area contributed by atoms with E-state index in [1.54, 1.807) is 0 Å². The third-order valence-corrected chi connectivity index (χ3v) is 3.19. The summed E-state index contributed by atoms with van der Waals surface area (Å²) in [5.41, 5.74) is 9.10. The summed E-state index contributed by atoms with van der Waals surface area (Å²) in [6.07, 6.45) is 1.55. The highest BCUT2D eigenvalue weighted by Gasteiger charge is 2.19. The molecule has 3 nitrogen and oxygen atoms in total. The second kappa shape index (κ2) is 6.74. The van der Waals surface area contributed by atoms with E-state index in [0.29, 0.717) is 6.42 Å². The largest absolute Gasteiger partial charge is 0.396 e. The van der Waals surface area contributed by atoms with Crippen molar-refractivity contribution in [2.45, 2.75) is 45.3 Å². The van der Waals surface area contributed by atoms with Crippen LogP contribution in [0.2, 0.25) is 0 Å². The van der Waals surface area contributed by atoms with Crippen LogP contribution in [0.5, 0.6) is 0 Å². The molecule has 96 valence electrons. The fraction of sp³-hybridized carbons (Fsp3) is 0.571. The predicted octanol–water partition coefficient (Wildman–Crippen LogP) is 1.55. The lowest BCUT2D eigenvalue weighted by molar-refractivity contribution is 0.128. The van der Waals surface area contributed by atoms with Gasteiger partial charge in [0.2, 0.25) is 0 Å². The number of rotatable bonds is 6. The molecule has 0 aliphatic rings. The van der Waals surface area contributed by atoms with Crippen molar-refractivity contribution < 1.29 is 10.2 Å². The molecule has 17 heavy (non-hydrogen) atoms. The average Bonchev–Trinajstić information content (AvgIpc) is 2.37. The standard InChI is InChI=1S/C14H23NO2/c1-3-10-5-6-11(4-2)12(9-10)14(17)13(15)7-8-16/h5-6,9,13-14,16-17H,3-4,7-8,15H2,1-2H3. The zero-order valence-corrected chi connectivity index (χ0v) is 10.7. The minimum absolute atomic E-state index is 0.00710. The Morgan fingerprint density at radius 1 is 1.24 bits per heavy atom. The summed E-state index contributed by atoms with van der Waals surface area (Å²) in [5.74, 6) is 0. The molecule has 0 spiro atoms. The van der Waals surface area contributed by atoms with Gasteiger partial charge in [0.1, 0.15) is 0 Å². The molecule has 0 aromatic heterocycles. The van der Waals surface area contributed by atoms with Crippen molar-refractivity contribution >= 4 is 0 Å². The summed E-state index contributed by atoms with van der Waals surface area (Å²) in [5, 5.41) is 19.1. The summed E-state index contributed by atoms with van der Waals surface area (Å²) in [6, 6.07) is 5.77. The van der Waals surface area contributed by atoms with Gasteiger partial charge in [-0.25, -0.2) is 0 Å². The number of aliphatic hydroxyl groups is 2. The van der Waals surface area contributed by atoms with Crippen LogP contribution in [0.25, 0.3) is 0 Å². The molecule has 1 rings (SSSR count). The Hall–Kier alpha value is -0.900. The van der Waals surface area contributed by atoms with Gasteiger partial charge in [-0.15, -0.1) is 0 Å². The first kappa shape index (κ1) is 14.2. The number of hydrogen-bond donors (Lipinski definition) is 3. The van der Waals surface area contributed by atoms with Crippen LogP contribution in [-0.4, -0.2) is 22.9 Å². The van der Waals surface area contributed by atoms with Crippen molar-refractivity contribution in [1.29, 1.82) is 0 Å². The van der Waals surface area contributed by atoms with Gasteiger partial charge in [0, 0.05) is 12.6 Å². The second-order valence-electron chi connectivity index (χ2n) is 4.36. The molecule has 2 atom stereocenters. The topological polar surface area (TPSA) is 66.5 Å². The van der Waals surface area contributed by atoms with E-state index in [2.05, 4.69) is 26.0 Å². The molecule has 0 amide bonds. The average molecular weight is 237 g/mol. The van der Waals surface area contributed by atoms with Crippen LogP contribution in [0.3, 0.4) is 0 Å². The molecule has 0 aliphatic heterocycles. The molecule has 0 aliphatic carbocycles. The fourth-order valence-corrected chi connectivity index (χ4v) is 2.00. The van der Waals surface area contributed by atoms with E-state index in [4.69, 9.17) is 10.8 Å². The molecule has 0 saturated carbocycles. The summed E-state index contributed by atoms with van der Waals surface area (Å²) >= 11 is 0. The number of benzene rings is 1. The summed E-state index contributed by atoms with van der Waals surface area (Å²) in [4.78, 5) is 0. The van der Waals surface area contributed by atoms with Gasteiger partial charge in [0.15, 0.2) is 0 Å². The van der Waals surface area contributed by atoms with Gasteiger partial charge in [-0.05, 0) is 36.0 Å². The molecule has 0 bridgehead atoms. The Morgan fingerprint density at radius 2 is 1.94 bits per heavy atom. The van der Waals surface area contributed by atoms with Crippen LogP contribution < -0.4 is 5.73 Å². The molecular weight excluding hydrogens is 214 g/mol. The molecule has 1 aromatic carbocycles. The first-order valence-electron chi connectivity index (χ1n) is 6.30. The maximum atomic E-state index is 10.2. The fourth-order valence-electron chi connectivity index (χ4n) is 2.00. The number of aliphatic hydroxyl groups excluding tert-OH is 2. The lowest BCUT2D eigenvalue weighted by Crippen LogP contribution is -2.30. The third-order valence-electron chi connectivity index (χ3n) is 3.19. The van der Waals surface area contributed by atoms with E-state index in [0.717, 1.165) is 24.0 Å². The predicted molar refractivity (Wildman–Crippen MR) is 69.8 cm³/mol. The zero-order chi connectivity index (χ0) is 12.8. The monoisotopic (exact) mass is 237 g/mol. The van der Waals surface area contributed by atoms with Crippen LogP contribution in [0, 0.1) is 0 Å². The quantitative estimate of drug-likeness (QED) is 0.703. The van der Waals surface area contributed by atoms with Crippen molar-refractivity contribution in [1.82, 2.24) is 0 Å². The molecule has 0 heterocycles. The summed E-state index contributed by atoms with van der Waals surface area (Å²) in [7, 11) is 0. The smallest absolute Gasteiger partial charge is 0.0944 e. The van der Waals surface area contributed by atoms with Crippen molar-refractivity contribution in [2.24, 2.45) is 5.73 Å². The molecule has 0 saturated heterocycles. The van der Waals surface area contributed by atoms with Gasteiger partial charge in [-0.2, -0.15) is 0 Å². The van der Waals surface area contributed by atoms with Crippen molar-refractivity contribution in [3.63, 3.8) is 0 Å². The Labute approximate surface area is 103 Å². The normalized spacial score (nSPS) is 14.6. The van der Waals surface area contributed by atoms with E-state index in [-0.39, 0.29) is 6.61 Å². The first-order valence-corrected chi connectivity index (χ1v) is 6.30. The van der Waals surface area contributed by atoms with Crippen LogP contribution >= 0.6 is 0 Å². The van der Waals surface area contributed by atoms with Crippen LogP contribution in [0.15, 0.2) is 18.2 Å². The highest BCUT2D eigenvalue weighted by molar-refractivity contribution is 5.34. The summed E-state index contributed by atoms with van der Waals surface area (Å²) in [6.45, 7) is 4.16. The van der Waals surface area contributed by atoms with E-state index >= 15 is 0 Å². The highest BCUT2D eigenvalue weighted by atomic mass is 16.3. The molecular formula is C14H23NO2. The number of hydrogen-bond acceptors (Lipinski definition) is 3. The molecule has 1 aromatic rings. The van der Waals surface area contributed by atoms with Gasteiger partial charge in [-0.1, -0.05) is 32.0 Å². The Morgan fingerprint density at radius 3 is 2.47 bits per heavy atom. The lowest BCUT2D eigenvalue weighted by Gasteiger charge is -2.21. The van der Waals surface area contributed by atoms with Gasteiger partial charge in [0.05, 0.1) is 6.10 Å². The molecule has 4 N–H and O–H groups in total. The Kier molecular flexibility index (Phi) is 5.62. The third kappa shape index (κ3) is 3.53. The van der Waals surface area contributed by atoms with Crippen LogP contribution in [0.4, 0.5) is 0 Å². The van der Waals surface area contributed by atoms with E-state index < -0.39 is 12.1 Å². The first-order chi connectivity index (χ1) is 8.13. The van der Waals surface area contributed by atoms with E-state index in [1.807, 2.05) is 6.07 Å². The van der Waals surface area contributed by atoms with Crippen molar-refractivity contribution in [2.75, 3.05) is 6.61 Å². The minimum Gasteiger partial charge on any atom is -0.396 e. The lowest BCUT2D eigenvalue weighted by atomic mass is 9.92. The van der Waals surface area contributed by atoms with Gasteiger partial charge >= 0.3 is 0 Å². The van der Waals surface area contributed by atoms with Gasteiger partial charge < -0.3 is 15.9 Å². The van der Waals surface area contributed by atoms with Gasteiger partial charge in [0.25, 0.3) is 0 Å². The highest BCUT2D eigenvalue weighted by Crippen LogP contribution is 2.24. The van der Waals surface area contributed by atoms with Gasteiger partial charge in [-0.3, -0.25) is 0 Å². The molecule has 2 unspecified atom stereocenters. The molecule has 0 radical (unpaired) electrons. The van der Waals surface area contributed by atoms with E-state index in [1.165, 1.54) is 5.56 Å². The maximum Gasteiger partial charge on any atom is 0.0944 e. The number of nitrogens with two attached hydrogens (primary N) is 1.